The third kappa shape index (κ3) is 3.90. The molecule has 0 N–H and O–H groups in total. The molecule has 158 valence electrons. The van der Waals surface area contributed by atoms with Gasteiger partial charge in [-0.1, -0.05) is 25.0 Å². The zero-order valence-corrected chi connectivity index (χ0v) is 17.1. The second-order valence-electron chi connectivity index (χ2n) is 8.05. The number of rotatable bonds is 4. The number of hydrogen-bond acceptors (Lipinski definition) is 4. The summed E-state index contributed by atoms with van der Waals surface area (Å²) in [7, 11) is -3.93. The smallest absolute Gasteiger partial charge is 0.246 e. The molecule has 2 saturated heterocycles. The number of hydrogen-bond donors (Lipinski definition) is 0. The van der Waals surface area contributed by atoms with E-state index in [0.29, 0.717) is 6.54 Å². The fourth-order valence-electron chi connectivity index (χ4n) is 4.67. The zero-order valence-electron chi connectivity index (χ0n) is 16.3. The summed E-state index contributed by atoms with van der Waals surface area (Å²) in [6, 6.07) is 5.58. The molecule has 2 heterocycles. The second-order valence-corrected chi connectivity index (χ2v) is 9.95. The van der Waals surface area contributed by atoms with Crippen LogP contribution >= 0.6 is 0 Å². The van der Waals surface area contributed by atoms with Gasteiger partial charge in [-0.3, -0.25) is 9.59 Å². The highest BCUT2D eigenvalue weighted by atomic mass is 32.2. The molecule has 1 aromatic rings. The summed E-state index contributed by atoms with van der Waals surface area (Å²) in [5.74, 6) is -1.15. The molecule has 1 atom stereocenters. The zero-order chi connectivity index (χ0) is 20.6. The van der Waals surface area contributed by atoms with Crippen molar-refractivity contribution in [1.29, 1.82) is 0 Å². The molecule has 0 aromatic heterocycles. The number of benzene rings is 1. The maximum Gasteiger partial charge on any atom is 0.246 e. The van der Waals surface area contributed by atoms with Crippen LogP contribution < -0.4 is 0 Å². The third-order valence-electron chi connectivity index (χ3n) is 6.28. The number of carbonyl (C=O) groups is 2. The van der Waals surface area contributed by atoms with Crippen molar-refractivity contribution < 1.29 is 22.4 Å². The summed E-state index contributed by atoms with van der Waals surface area (Å²) < 4.78 is 40.6. The molecule has 9 heteroatoms. The monoisotopic (exact) mass is 423 g/mol. The number of carbonyl (C=O) groups excluding carboxylic acids is 2. The number of sulfonamides is 1. The van der Waals surface area contributed by atoms with Gasteiger partial charge < -0.3 is 9.80 Å². The summed E-state index contributed by atoms with van der Waals surface area (Å²) in [6.45, 7) is 1.21. The Morgan fingerprint density at radius 3 is 2.34 bits per heavy atom. The van der Waals surface area contributed by atoms with Gasteiger partial charge in [0.25, 0.3) is 0 Å². The highest BCUT2D eigenvalue weighted by Gasteiger charge is 2.41. The van der Waals surface area contributed by atoms with Crippen LogP contribution in [0.2, 0.25) is 0 Å². The highest BCUT2D eigenvalue weighted by Crippen LogP contribution is 2.30. The predicted molar refractivity (Wildman–Crippen MR) is 104 cm³/mol. The van der Waals surface area contributed by atoms with E-state index in [9.17, 15) is 22.4 Å². The van der Waals surface area contributed by atoms with Crippen molar-refractivity contribution in [3.05, 3.63) is 30.1 Å². The van der Waals surface area contributed by atoms with Crippen LogP contribution in [0.5, 0.6) is 0 Å². The van der Waals surface area contributed by atoms with Gasteiger partial charge in [-0.2, -0.15) is 4.31 Å². The number of nitrogens with zero attached hydrogens (tertiary/aromatic N) is 3. The first-order valence-corrected chi connectivity index (χ1v) is 11.6. The lowest BCUT2D eigenvalue weighted by Crippen LogP contribution is -2.52. The number of piperazine rings is 1. The van der Waals surface area contributed by atoms with Crippen molar-refractivity contribution in [1.82, 2.24) is 14.1 Å². The molecule has 0 radical (unpaired) electrons. The van der Waals surface area contributed by atoms with Crippen LogP contribution in [0.3, 0.4) is 0 Å². The maximum atomic E-state index is 13.9. The van der Waals surface area contributed by atoms with E-state index >= 15 is 0 Å². The normalized spacial score (nSPS) is 24.4. The van der Waals surface area contributed by atoms with Crippen LogP contribution in [0.15, 0.2) is 29.2 Å². The highest BCUT2D eigenvalue weighted by molar-refractivity contribution is 7.89. The van der Waals surface area contributed by atoms with E-state index in [4.69, 9.17) is 0 Å². The summed E-state index contributed by atoms with van der Waals surface area (Å²) in [5.41, 5.74) is 0. The molecule has 1 saturated carbocycles. The minimum atomic E-state index is -3.93. The Labute approximate surface area is 170 Å². The van der Waals surface area contributed by atoms with Crippen LogP contribution in [0, 0.1) is 11.7 Å². The molecular formula is C20H26FN3O4S. The average Bonchev–Trinajstić information content (AvgIpc) is 3.37. The minimum absolute atomic E-state index is 0.0519. The molecule has 7 nitrogen and oxygen atoms in total. The average molecular weight is 424 g/mol. The van der Waals surface area contributed by atoms with Gasteiger partial charge in [0.15, 0.2) is 0 Å². The van der Waals surface area contributed by atoms with E-state index in [1.54, 1.807) is 4.90 Å². The molecule has 3 fully saturated rings. The van der Waals surface area contributed by atoms with Crippen molar-refractivity contribution in [2.45, 2.75) is 43.0 Å². The van der Waals surface area contributed by atoms with Gasteiger partial charge in [0, 0.05) is 45.2 Å². The molecule has 4 rings (SSSR count). The molecule has 29 heavy (non-hydrogen) atoms. The Bertz CT molecular complexity index is 893. The van der Waals surface area contributed by atoms with Crippen LogP contribution in [-0.2, 0) is 19.6 Å². The Morgan fingerprint density at radius 1 is 1.03 bits per heavy atom. The van der Waals surface area contributed by atoms with Crippen molar-refractivity contribution in [3.63, 3.8) is 0 Å². The largest absolute Gasteiger partial charge is 0.340 e. The predicted octanol–water partition coefficient (Wildman–Crippen LogP) is 1.45. The van der Waals surface area contributed by atoms with Gasteiger partial charge >= 0.3 is 0 Å². The van der Waals surface area contributed by atoms with E-state index in [-0.39, 0.29) is 61.3 Å². The Hall–Kier alpha value is -2.00. The third-order valence-corrected chi connectivity index (χ3v) is 8.21. The van der Waals surface area contributed by atoms with Gasteiger partial charge in [-0.15, -0.1) is 0 Å². The molecule has 1 aliphatic carbocycles. The number of amides is 2. The SMILES string of the molecule is O=C(C1CC(=O)N(C2CCCC2)C1)N1CCN(S(=O)(=O)c2ccccc2F)CC1. The lowest BCUT2D eigenvalue weighted by molar-refractivity contribution is -0.137. The topological polar surface area (TPSA) is 78.0 Å². The number of halogens is 1. The summed E-state index contributed by atoms with van der Waals surface area (Å²) in [5, 5.41) is 0. The quantitative estimate of drug-likeness (QED) is 0.734. The summed E-state index contributed by atoms with van der Waals surface area (Å²) in [6.07, 6.45) is 4.53. The van der Waals surface area contributed by atoms with Gasteiger partial charge in [0.2, 0.25) is 21.8 Å². The molecule has 1 aromatic carbocycles. The molecule has 1 unspecified atom stereocenters. The Kier molecular flexibility index (Phi) is 5.61. The Morgan fingerprint density at radius 2 is 1.69 bits per heavy atom. The van der Waals surface area contributed by atoms with E-state index in [0.717, 1.165) is 31.7 Å². The van der Waals surface area contributed by atoms with E-state index in [2.05, 4.69) is 0 Å². The van der Waals surface area contributed by atoms with Gasteiger partial charge in [-0.25, -0.2) is 12.8 Å². The first-order chi connectivity index (χ1) is 13.9. The van der Waals surface area contributed by atoms with Crippen molar-refractivity contribution in [2.75, 3.05) is 32.7 Å². The first-order valence-electron chi connectivity index (χ1n) is 10.2. The second kappa shape index (κ2) is 8.02. The molecule has 2 amide bonds. The maximum absolute atomic E-state index is 13.9. The molecule has 0 spiro atoms. The van der Waals surface area contributed by atoms with Crippen molar-refractivity contribution >= 4 is 21.8 Å². The Balaban J connectivity index is 1.37. The van der Waals surface area contributed by atoms with E-state index < -0.39 is 15.8 Å². The molecule has 3 aliphatic rings. The number of likely N-dealkylation sites (tertiary alicyclic amines) is 1. The molecule has 0 bridgehead atoms. The van der Waals surface area contributed by atoms with Gasteiger partial charge in [0.05, 0.1) is 5.92 Å². The molecule has 2 aliphatic heterocycles. The van der Waals surface area contributed by atoms with Crippen LogP contribution in [0.1, 0.15) is 32.1 Å². The summed E-state index contributed by atoms with van der Waals surface area (Å²) in [4.78, 5) is 28.4. The van der Waals surface area contributed by atoms with Crippen molar-refractivity contribution in [2.24, 2.45) is 5.92 Å². The van der Waals surface area contributed by atoms with Gasteiger partial charge in [-0.05, 0) is 25.0 Å². The lowest BCUT2D eigenvalue weighted by atomic mass is 10.1. The molecular weight excluding hydrogens is 397 g/mol. The van der Waals surface area contributed by atoms with Crippen LogP contribution in [0.25, 0.3) is 0 Å². The first kappa shape index (κ1) is 20.3. The fourth-order valence-corrected chi connectivity index (χ4v) is 6.15. The van der Waals surface area contributed by atoms with Crippen LogP contribution in [0.4, 0.5) is 4.39 Å². The van der Waals surface area contributed by atoms with Crippen LogP contribution in [-0.4, -0.2) is 73.1 Å². The minimum Gasteiger partial charge on any atom is -0.340 e. The van der Waals surface area contributed by atoms with Gasteiger partial charge in [0.1, 0.15) is 10.7 Å². The van der Waals surface area contributed by atoms with Crippen molar-refractivity contribution in [3.8, 4) is 0 Å². The summed E-state index contributed by atoms with van der Waals surface area (Å²) >= 11 is 0. The lowest BCUT2D eigenvalue weighted by Gasteiger charge is -2.35. The van der Waals surface area contributed by atoms with E-state index in [1.807, 2.05) is 4.90 Å². The standard InChI is InChI=1S/C20H26FN3O4S/c21-17-7-3-4-8-18(17)29(27,28)23-11-9-22(10-12-23)20(26)15-13-19(25)24(14-15)16-5-1-2-6-16/h3-4,7-8,15-16H,1-2,5-6,9-14H2. The fraction of sp³-hybridized carbons (Fsp3) is 0.600. The van der Waals surface area contributed by atoms with E-state index in [1.165, 1.54) is 22.5 Å².